The number of rotatable bonds is 6. The highest BCUT2D eigenvalue weighted by atomic mass is 127. The van der Waals surface area contributed by atoms with Crippen LogP contribution < -0.4 is 10.6 Å². The standard InChI is InChI=1S/C19H25BrFN5O.HI/c1-13-5-6-14(9-17(13)21)18(27)23-7-8-24-19(22-2)26(4)12-16-10-15(20)11-25(16)3;/h5-6,9-11H,7-8,12H2,1-4H3,(H,22,24)(H,23,27);1H. The third-order valence-electron chi connectivity index (χ3n) is 4.17. The van der Waals surface area contributed by atoms with Gasteiger partial charge in [0.2, 0.25) is 0 Å². The van der Waals surface area contributed by atoms with E-state index in [1.807, 2.05) is 25.2 Å². The monoisotopic (exact) mass is 565 g/mol. The minimum atomic E-state index is -0.380. The van der Waals surface area contributed by atoms with Crippen LogP contribution in [0.3, 0.4) is 0 Å². The zero-order valence-corrected chi connectivity index (χ0v) is 20.3. The lowest BCUT2D eigenvalue weighted by Crippen LogP contribution is -2.42. The van der Waals surface area contributed by atoms with Crippen molar-refractivity contribution in [2.24, 2.45) is 12.0 Å². The van der Waals surface area contributed by atoms with Crippen LogP contribution >= 0.6 is 39.9 Å². The summed E-state index contributed by atoms with van der Waals surface area (Å²) in [6.07, 6.45) is 2.00. The van der Waals surface area contributed by atoms with Gasteiger partial charge in [0, 0.05) is 56.2 Å². The largest absolute Gasteiger partial charge is 0.354 e. The van der Waals surface area contributed by atoms with Crippen molar-refractivity contribution < 1.29 is 9.18 Å². The number of benzene rings is 1. The predicted octanol–water partition coefficient (Wildman–Crippen LogP) is 3.29. The quantitative estimate of drug-likeness (QED) is 0.245. The molecule has 0 aliphatic rings. The van der Waals surface area contributed by atoms with Crippen LogP contribution in [0.4, 0.5) is 4.39 Å². The van der Waals surface area contributed by atoms with E-state index in [2.05, 4.69) is 42.2 Å². The fourth-order valence-electron chi connectivity index (χ4n) is 2.61. The van der Waals surface area contributed by atoms with E-state index in [1.165, 1.54) is 6.07 Å². The van der Waals surface area contributed by atoms with Crippen molar-refractivity contribution in [2.75, 3.05) is 27.2 Å². The highest BCUT2D eigenvalue weighted by molar-refractivity contribution is 14.0. The van der Waals surface area contributed by atoms with Crippen molar-refractivity contribution in [2.45, 2.75) is 13.5 Å². The number of hydrogen-bond acceptors (Lipinski definition) is 2. The van der Waals surface area contributed by atoms with Crippen molar-refractivity contribution in [3.8, 4) is 0 Å². The number of nitrogens with zero attached hydrogens (tertiary/aromatic N) is 3. The summed E-state index contributed by atoms with van der Waals surface area (Å²) in [6.45, 7) is 3.26. The van der Waals surface area contributed by atoms with E-state index in [0.29, 0.717) is 30.8 Å². The Morgan fingerprint density at radius 3 is 2.54 bits per heavy atom. The number of guanidine groups is 1. The highest BCUT2D eigenvalue weighted by Crippen LogP contribution is 2.15. The first kappa shape index (κ1) is 24.4. The highest BCUT2D eigenvalue weighted by Gasteiger charge is 2.10. The number of aromatic nitrogens is 1. The summed E-state index contributed by atoms with van der Waals surface area (Å²) in [5, 5.41) is 5.98. The number of amides is 1. The van der Waals surface area contributed by atoms with E-state index >= 15 is 0 Å². The molecule has 1 aromatic carbocycles. The number of nitrogens with one attached hydrogen (secondary N) is 2. The molecule has 1 aromatic heterocycles. The molecule has 0 saturated carbocycles. The van der Waals surface area contributed by atoms with E-state index < -0.39 is 0 Å². The van der Waals surface area contributed by atoms with Gasteiger partial charge >= 0.3 is 0 Å². The molecule has 6 nitrogen and oxygen atoms in total. The number of carbonyl (C=O) groups excluding carboxylic acids is 1. The van der Waals surface area contributed by atoms with Crippen molar-refractivity contribution in [3.05, 3.63) is 57.6 Å². The molecule has 0 aliphatic carbocycles. The molecule has 0 radical (unpaired) electrons. The van der Waals surface area contributed by atoms with Gasteiger partial charge in [-0.15, -0.1) is 24.0 Å². The Balaban J connectivity index is 0.00000392. The Morgan fingerprint density at radius 1 is 1.29 bits per heavy atom. The zero-order chi connectivity index (χ0) is 20.0. The zero-order valence-electron chi connectivity index (χ0n) is 16.4. The van der Waals surface area contributed by atoms with Gasteiger partial charge in [-0.1, -0.05) is 6.07 Å². The van der Waals surface area contributed by atoms with Crippen molar-refractivity contribution in [1.29, 1.82) is 0 Å². The van der Waals surface area contributed by atoms with Crippen LogP contribution in [0.25, 0.3) is 0 Å². The number of aliphatic imine (C=N–C) groups is 1. The van der Waals surface area contributed by atoms with Gasteiger partial charge in [-0.25, -0.2) is 4.39 Å². The summed E-state index contributed by atoms with van der Waals surface area (Å²) in [4.78, 5) is 18.3. The molecule has 28 heavy (non-hydrogen) atoms. The van der Waals surface area contributed by atoms with E-state index in [0.717, 1.165) is 16.1 Å². The average Bonchev–Trinajstić information content (AvgIpc) is 2.94. The maximum atomic E-state index is 13.6. The maximum absolute atomic E-state index is 13.6. The third kappa shape index (κ3) is 6.77. The Bertz CT molecular complexity index is 840. The SMILES string of the molecule is CN=C(NCCNC(=O)c1ccc(C)c(F)c1)N(C)Cc1cc(Br)cn1C.I. The van der Waals surface area contributed by atoms with Crippen LogP contribution in [0, 0.1) is 12.7 Å². The second kappa shape index (κ2) is 11.4. The molecule has 9 heteroatoms. The summed E-state index contributed by atoms with van der Waals surface area (Å²) in [7, 11) is 5.66. The Hall–Kier alpha value is -1.62. The molecule has 0 bridgehead atoms. The molecule has 0 saturated heterocycles. The summed E-state index contributed by atoms with van der Waals surface area (Å²) < 4.78 is 16.6. The minimum Gasteiger partial charge on any atom is -0.354 e. The van der Waals surface area contributed by atoms with Gasteiger partial charge in [-0.3, -0.25) is 9.79 Å². The molecule has 0 spiro atoms. The van der Waals surface area contributed by atoms with Crippen molar-refractivity contribution >= 4 is 51.8 Å². The topological polar surface area (TPSA) is 61.7 Å². The normalized spacial score (nSPS) is 11.0. The molecule has 1 heterocycles. The van der Waals surface area contributed by atoms with E-state index in [4.69, 9.17) is 0 Å². The molecular weight excluding hydrogens is 540 g/mol. The van der Waals surface area contributed by atoms with Gasteiger partial charge in [0.25, 0.3) is 5.91 Å². The summed E-state index contributed by atoms with van der Waals surface area (Å²) >= 11 is 3.47. The molecule has 2 N–H and O–H groups in total. The number of halogens is 3. The van der Waals surface area contributed by atoms with Crippen LogP contribution in [-0.4, -0.2) is 48.5 Å². The summed E-state index contributed by atoms with van der Waals surface area (Å²) in [5.41, 5.74) is 1.97. The molecule has 0 aliphatic heterocycles. The van der Waals surface area contributed by atoms with Crippen LogP contribution in [0.2, 0.25) is 0 Å². The maximum Gasteiger partial charge on any atom is 0.251 e. The summed E-state index contributed by atoms with van der Waals surface area (Å²) in [6, 6.07) is 6.53. The molecule has 2 rings (SSSR count). The Morgan fingerprint density at radius 2 is 1.96 bits per heavy atom. The van der Waals surface area contributed by atoms with E-state index in [-0.39, 0.29) is 35.7 Å². The molecule has 154 valence electrons. The first-order valence-corrected chi connectivity index (χ1v) is 9.38. The van der Waals surface area contributed by atoms with Crippen LogP contribution in [-0.2, 0) is 13.6 Å². The molecule has 0 atom stereocenters. The molecule has 0 unspecified atom stereocenters. The fourth-order valence-corrected chi connectivity index (χ4v) is 3.18. The van der Waals surface area contributed by atoms with Crippen LogP contribution in [0.1, 0.15) is 21.6 Å². The smallest absolute Gasteiger partial charge is 0.251 e. The lowest BCUT2D eigenvalue weighted by atomic mass is 10.1. The predicted molar refractivity (Wildman–Crippen MR) is 125 cm³/mol. The Labute approximate surface area is 190 Å². The number of aryl methyl sites for hydroxylation is 2. The first-order valence-electron chi connectivity index (χ1n) is 8.58. The third-order valence-corrected chi connectivity index (χ3v) is 4.61. The van der Waals surface area contributed by atoms with Crippen LogP contribution in [0.15, 0.2) is 39.9 Å². The van der Waals surface area contributed by atoms with Crippen molar-refractivity contribution in [1.82, 2.24) is 20.1 Å². The fraction of sp³-hybridized carbons (Fsp3) is 0.368. The first-order chi connectivity index (χ1) is 12.8. The van der Waals surface area contributed by atoms with Crippen molar-refractivity contribution in [3.63, 3.8) is 0 Å². The molecule has 2 aromatic rings. The minimum absolute atomic E-state index is 0. The molecule has 0 fully saturated rings. The van der Waals surface area contributed by atoms with E-state index in [9.17, 15) is 9.18 Å². The van der Waals surface area contributed by atoms with Gasteiger partial charge in [0.15, 0.2) is 5.96 Å². The number of carbonyl (C=O) groups is 1. The van der Waals surface area contributed by atoms with Gasteiger partial charge in [0.05, 0.1) is 6.54 Å². The van der Waals surface area contributed by atoms with Gasteiger partial charge < -0.3 is 20.1 Å². The van der Waals surface area contributed by atoms with Gasteiger partial charge in [0.1, 0.15) is 5.82 Å². The summed E-state index contributed by atoms with van der Waals surface area (Å²) in [5.74, 6) is 0.0470. The molecule has 1 amide bonds. The average molecular weight is 566 g/mol. The van der Waals surface area contributed by atoms with Crippen LogP contribution in [0.5, 0.6) is 0 Å². The van der Waals surface area contributed by atoms with Gasteiger partial charge in [-0.2, -0.15) is 0 Å². The number of hydrogen-bond donors (Lipinski definition) is 2. The molecular formula is C19H26BrFIN5O. The van der Waals surface area contributed by atoms with Gasteiger partial charge in [-0.05, 0) is 46.6 Å². The van der Waals surface area contributed by atoms with E-state index in [1.54, 1.807) is 26.1 Å². The second-order valence-electron chi connectivity index (χ2n) is 6.31. The Kier molecular flexibility index (Phi) is 9.94. The lowest BCUT2D eigenvalue weighted by molar-refractivity contribution is 0.0954. The second-order valence-corrected chi connectivity index (χ2v) is 7.23. The lowest BCUT2D eigenvalue weighted by Gasteiger charge is -2.22.